The van der Waals surface area contributed by atoms with Crippen LogP contribution in [0.1, 0.15) is 38.3 Å². The van der Waals surface area contributed by atoms with Crippen LogP contribution in [-0.4, -0.2) is 48.6 Å². The highest BCUT2D eigenvalue weighted by Crippen LogP contribution is 2.29. The number of carbonyl (C=O) groups excluding carboxylic acids is 2. The lowest BCUT2D eigenvalue weighted by Crippen LogP contribution is -2.33. The number of rotatable bonds is 12. The molecule has 0 heterocycles. The number of carboxylic acids is 1. The Kier molecular flexibility index (Phi) is 9.72. The molecule has 0 unspecified atom stereocenters. The fourth-order valence-corrected chi connectivity index (χ4v) is 4.49. The molecule has 0 spiro atoms. The molecule has 8 heteroatoms. The molecule has 4 aromatic carbocycles. The van der Waals surface area contributed by atoms with Crippen molar-refractivity contribution in [3.05, 3.63) is 119 Å². The van der Waals surface area contributed by atoms with Crippen molar-refractivity contribution in [2.24, 2.45) is 0 Å². The summed E-state index contributed by atoms with van der Waals surface area (Å²) in [6.07, 6.45) is -0.201. The summed E-state index contributed by atoms with van der Waals surface area (Å²) in [4.78, 5) is 40.2. The van der Waals surface area contributed by atoms with Crippen molar-refractivity contribution >= 4 is 17.8 Å². The van der Waals surface area contributed by atoms with Gasteiger partial charge in [0.25, 0.3) is 11.8 Å². The first kappa shape index (κ1) is 28.9. The maximum Gasteiger partial charge on any atom is 0.305 e. The van der Waals surface area contributed by atoms with Crippen molar-refractivity contribution in [3.8, 4) is 22.6 Å². The van der Waals surface area contributed by atoms with E-state index in [2.05, 4.69) is 5.32 Å². The largest absolute Gasteiger partial charge is 0.497 e. The van der Waals surface area contributed by atoms with Crippen molar-refractivity contribution in [3.63, 3.8) is 0 Å². The Morgan fingerprint density at radius 2 is 1.37 bits per heavy atom. The number of nitrogens with zero attached hydrogens (tertiary/aromatic N) is 1. The number of ether oxygens (including phenoxy) is 2. The van der Waals surface area contributed by atoms with Crippen molar-refractivity contribution in [1.82, 2.24) is 10.2 Å². The summed E-state index contributed by atoms with van der Waals surface area (Å²) in [6, 6.07) is 28.9. The van der Waals surface area contributed by atoms with Crippen LogP contribution in [0.25, 0.3) is 11.1 Å². The summed E-state index contributed by atoms with van der Waals surface area (Å²) < 4.78 is 10.5. The van der Waals surface area contributed by atoms with Crippen molar-refractivity contribution in [2.45, 2.75) is 19.5 Å². The van der Waals surface area contributed by atoms with Crippen LogP contribution in [-0.2, 0) is 17.9 Å². The molecule has 0 aromatic heterocycles. The molecule has 0 saturated heterocycles. The average Bonchev–Trinajstić information content (AvgIpc) is 3.01. The molecular weight excluding hydrogens is 520 g/mol. The van der Waals surface area contributed by atoms with Crippen LogP contribution in [0.2, 0.25) is 0 Å². The highest BCUT2D eigenvalue weighted by Gasteiger charge is 2.23. The van der Waals surface area contributed by atoms with Gasteiger partial charge in [-0.2, -0.15) is 0 Å². The van der Waals surface area contributed by atoms with E-state index < -0.39 is 5.97 Å². The number of hydrogen-bond donors (Lipinski definition) is 2. The Labute approximate surface area is 239 Å². The third-order valence-electron chi connectivity index (χ3n) is 6.62. The molecule has 0 fully saturated rings. The average molecular weight is 553 g/mol. The van der Waals surface area contributed by atoms with E-state index in [1.165, 1.54) is 4.90 Å². The Morgan fingerprint density at radius 3 is 2.02 bits per heavy atom. The topological polar surface area (TPSA) is 105 Å². The van der Waals surface area contributed by atoms with Crippen molar-refractivity contribution in [2.75, 3.05) is 20.8 Å². The van der Waals surface area contributed by atoms with Crippen LogP contribution in [0.5, 0.6) is 11.5 Å². The smallest absolute Gasteiger partial charge is 0.305 e. The number of hydrogen-bond acceptors (Lipinski definition) is 5. The predicted molar refractivity (Wildman–Crippen MR) is 156 cm³/mol. The minimum atomic E-state index is -0.996. The summed E-state index contributed by atoms with van der Waals surface area (Å²) in [5.74, 6) is -0.227. The van der Waals surface area contributed by atoms with Gasteiger partial charge in [0.15, 0.2) is 0 Å². The maximum absolute atomic E-state index is 13.9. The molecule has 41 heavy (non-hydrogen) atoms. The van der Waals surface area contributed by atoms with E-state index in [4.69, 9.17) is 9.47 Å². The van der Waals surface area contributed by atoms with Gasteiger partial charge in [0.1, 0.15) is 11.5 Å². The molecule has 4 rings (SSSR count). The summed E-state index contributed by atoms with van der Waals surface area (Å²) in [6.45, 7) is 0.542. The quantitative estimate of drug-likeness (QED) is 0.243. The molecule has 0 aliphatic heterocycles. The summed E-state index contributed by atoms with van der Waals surface area (Å²) in [5.41, 5.74) is 3.70. The first-order chi connectivity index (χ1) is 19.9. The number of benzene rings is 4. The Balaban J connectivity index is 1.62. The van der Waals surface area contributed by atoms with Crippen LogP contribution in [0.4, 0.5) is 0 Å². The van der Waals surface area contributed by atoms with Gasteiger partial charge in [0, 0.05) is 30.8 Å². The number of aliphatic carboxylic acids is 1. The number of carbonyl (C=O) groups is 3. The monoisotopic (exact) mass is 552 g/mol. The van der Waals surface area contributed by atoms with Gasteiger partial charge in [0.2, 0.25) is 0 Å². The van der Waals surface area contributed by atoms with Gasteiger partial charge in [-0.15, -0.1) is 0 Å². The zero-order chi connectivity index (χ0) is 29.2. The molecule has 0 atom stereocenters. The highest BCUT2D eigenvalue weighted by molar-refractivity contribution is 6.06. The fourth-order valence-electron chi connectivity index (χ4n) is 4.49. The molecule has 0 saturated carbocycles. The maximum atomic E-state index is 13.9. The lowest BCUT2D eigenvalue weighted by molar-refractivity contribution is -0.137. The molecule has 0 aliphatic carbocycles. The van der Waals surface area contributed by atoms with Gasteiger partial charge in [-0.3, -0.25) is 14.4 Å². The lowest BCUT2D eigenvalue weighted by Gasteiger charge is -2.24. The molecule has 0 radical (unpaired) electrons. The number of amides is 2. The van der Waals surface area contributed by atoms with Crippen LogP contribution < -0.4 is 14.8 Å². The second-order valence-corrected chi connectivity index (χ2v) is 9.34. The fraction of sp³-hybridized carbons (Fsp3) is 0.182. The minimum absolute atomic E-state index is 0.0250. The molecule has 0 bridgehead atoms. The molecule has 2 amide bonds. The minimum Gasteiger partial charge on any atom is -0.497 e. The SMILES string of the molecule is COc1ccc(CN(CCC(=O)O)C(=O)c2ccccc2-c2ccccc2C(=O)NCc2cccc(OC)c2)cc1. The third kappa shape index (κ3) is 7.51. The van der Waals surface area contributed by atoms with Crippen LogP contribution >= 0.6 is 0 Å². The number of carboxylic acid groups (broad SMARTS) is 1. The van der Waals surface area contributed by atoms with E-state index in [1.54, 1.807) is 62.8 Å². The van der Waals surface area contributed by atoms with Crippen LogP contribution in [0.15, 0.2) is 97.1 Å². The Bertz CT molecular complexity index is 1520. The van der Waals surface area contributed by atoms with Crippen LogP contribution in [0, 0.1) is 0 Å². The van der Waals surface area contributed by atoms with Gasteiger partial charge in [-0.25, -0.2) is 0 Å². The molecular formula is C33H32N2O6. The normalized spacial score (nSPS) is 10.5. The summed E-state index contributed by atoms with van der Waals surface area (Å²) in [5, 5.41) is 12.3. The highest BCUT2D eigenvalue weighted by atomic mass is 16.5. The Hall–Kier alpha value is -5.11. The first-order valence-corrected chi connectivity index (χ1v) is 13.1. The van der Waals surface area contributed by atoms with Gasteiger partial charge >= 0.3 is 5.97 Å². The Morgan fingerprint density at radius 1 is 0.732 bits per heavy atom. The van der Waals surface area contributed by atoms with E-state index in [0.29, 0.717) is 40.3 Å². The standard InChI is InChI=1S/C33H32N2O6/c1-40-25-16-14-23(15-17-25)22-35(19-18-31(36)37)33(39)30-13-6-4-11-28(30)27-10-3-5-12-29(27)32(38)34-21-24-8-7-9-26(20-24)41-2/h3-17,20H,18-19,21-22H2,1-2H3,(H,34,38)(H,36,37). The second-order valence-electron chi connectivity index (χ2n) is 9.34. The van der Waals surface area contributed by atoms with E-state index >= 15 is 0 Å². The third-order valence-corrected chi connectivity index (χ3v) is 6.62. The lowest BCUT2D eigenvalue weighted by atomic mass is 9.94. The molecule has 0 aliphatic rings. The van der Waals surface area contributed by atoms with Crippen molar-refractivity contribution in [1.29, 1.82) is 0 Å². The molecule has 210 valence electrons. The second kappa shape index (κ2) is 13.8. The zero-order valence-electron chi connectivity index (χ0n) is 23.0. The number of nitrogens with one attached hydrogen (secondary N) is 1. The van der Waals surface area contributed by atoms with Gasteiger partial charge < -0.3 is 24.8 Å². The van der Waals surface area contributed by atoms with Crippen molar-refractivity contribution < 1.29 is 29.0 Å². The predicted octanol–water partition coefficient (Wildman–Crippen LogP) is 5.42. The van der Waals surface area contributed by atoms with Gasteiger partial charge in [0.05, 0.1) is 20.6 Å². The summed E-state index contributed by atoms with van der Waals surface area (Å²) >= 11 is 0. The van der Waals surface area contributed by atoms with E-state index in [1.807, 2.05) is 48.5 Å². The van der Waals surface area contributed by atoms with E-state index in [-0.39, 0.29) is 31.3 Å². The van der Waals surface area contributed by atoms with Gasteiger partial charge in [-0.1, -0.05) is 60.7 Å². The zero-order valence-corrected chi connectivity index (χ0v) is 23.0. The van der Waals surface area contributed by atoms with Crippen LogP contribution in [0.3, 0.4) is 0 Å². The summed E-state index contributed by atoms with van der Waals surface area (Å²) in [7, 11) is 3.16. The molecule has 2 N–H and O–H groups in total. The van der Waals surface area contributed by atoms with E-state index in [0.717, 1.165) is 11.1 Å². The van der Waals surface area contributed by atoms with Gasteiger partial charge in [-0.05, 0) is 58.7 Å². The molecule has 4 aromatic rings. The molecule has 8 nitrogen and oxygen atoms in total. The first-order valence-electron chi connectivity index (χ1n) is 13.1. The number of methoxy groups -OCH3 is 2. The van der Waals surface area contributed by atoms with E-state index in [9.17, 15) is 19.5 Å².